The number of benzene rings is 1. The van der Waals surface area contributed by atoms with E-state index in [1.54, 1.807) is 0 Å². The molecule has 1 aliphatic heterocycles. The minimum atomic E-state index is -0.0298. The lowest BCUT2D eigenvalue weighted by Gasteiger charge is -2.48. The largest absolute Gasteiger partial charge is 0.375 e. The highest BCUT2D eigenvalue weighted by Crippen LogP contribution is 2.46. The Bertz CT molecular complexity index is 488. The summed E-state index contributed by atoms with van der Waals surface area (Å²) in [6.45, 7) is 0.917. The molecule has 2 heteroatoms. The van der Waals surface area contributed by atoms with Gasteiger partial charge >= 0.3 is 0 Å². The van der Waals surface area contributed by atoms with Crippen molar-refractivity contribution in [2.75, 3.05) is 6.61 Å². The number of hydrogen-bond acceptors (Lipinski definition) is 2. The molecule has 1 unspecified atom stereocenters. The molecule has 1 saturated carbocycles. The van der Waals surface area contributed by atoms with Crippen LogP contribution in [0.5, 0.6) is 0 Å². The Morgan fingerprint density at radius 3 is 2.33 bits per heavy atom. The van der Waals surface area contributed by atoms with Gasteiger partial charge < -0.3 is 10.5 Å². The van der Waals surface area contributed by atoms with E-state index in [-0.39, 0.29) is 11.1 Å². The first kappa shape index (κ1) is 13.8. The molecule has 4 rings (SSSR count). The van der Waals surface area contributed by atoms with Crippen LogP contribution in [0.1, 0.15) is 56.1 Å². The lowest BCUT2D eigenvalue weighted by Crippen LogP contribution is -2.54. The van der Waals surface area contributed by atoms with Crippen LogP contribution in [0.25, 0.3) is 0 Å². The summed E-state index contributed by atoms with van der Waals surface area (Å²) in [6.07, 6.45) is 11.0. The zero-order chi connectivity index (χ0) is 14.3. The van der Waals surface area contributed by atoms with E-state index in [1.165, 1.54) is 49.7 Å². The SMILES string of the molecule is NC1(C2CCOC3(CCCCC3)C2)Cc2ccccc2C1. The van der Waals surface area contributed by atoms with Crippen molar-refractivity contribution in [1.29, 1.82) is 0 Å². The average Bonchev–Trinajstić information content (AvgIpc) is 2.86. The maximum Gasteiger partial charge on any atom is 0.0685 e. The molecule has 0 bridgehead atoms. The number of rotatable bonds is 1. The van der Waals surface area contributed by atoms with E-state index in [2.05, 4.69) is 24.3 Å². The lowest BCUT2D eigenvalue weighted by atomic mass is 9.69. The molecule has 2 N–H and O–H groups in total. The lowest BCUT2D eigenvalue weighted by molar-refractivity contribution is -0.127. The van der Waals surface area contributed by atoms with Crippen molar-refractivity contribution >= 4 is 0 Å². The van der Waals surface area contributed by atoms with Crippen LogP contribution in [0, 0.1) is 5.92 Å². The minimum Gasteiger partial charge on any atom is -0.375 e. The topological polar surface area (TPSA) is 35.2 Å². The molecule has 1 aromatic carbocycles. The Balaban J connectivity index is 1.54. The Hall–Kier alpha value is -0.860. The minimum absolute atomic E-state index is 0.0298. The first-order valence-electron chi connectivity index (χ1n) is 8.69. The molecule has 114 valence electrons. The maximum atomic E-state index is 6.92. The van der Waals surface area contributed by atoms with E-state index in [1.807, 2.05) is 0 Å². The molecule has 0 amide bonds. The summed E-state index contributed by atoms with van der Waals surface area (Å²) < 4.78 is 6.26. The molecule has 0 radical (unpaired) electrons. The maximum absolute atomic E-state index is 6.92. The third kappa shape index (κ3) is 2.43. The van der Waals surface area contributed by atoms with Gasteiger partial charge in [-0.25, -0.2) is 0 Å². The molecule has 1 saturated heterocycles. The second kappa shape index (κ2) is 5.10. The molecule has 1 atom stereocenters. The Labute approximate surface area is 128 Å². The van der Waals surface area contributed by atoms with Gasteiger partial charge in [-0.15, -0.1) is 0 Å². The summed E-state index contributed by atoms with van der Waals surface area (Å²) in [5.74, 6) is 0.622. The van der Waals surface area contributed by atoms with Crippen molar-refractivity contribution in [2.24, 2.45) is 11.7 Å². The van der Waals surface area contributed by atoms with Gasteiger partial charge in [0.15, 0.2) is 0 Å². The van der Waals surface area contributed by atoms with Crippen molar-refractivity contribution in [1.82, 2.24) is 0 Å². The van der Waals surface area contributed by atoms with Crippen LogP contribution in [0.3, 0.4) is 0 Å². The van der Waals surface area contributed by atoms with E-state index in [9.17, 15) is 0 Å². The van der Waals surface area contributed by atoms with Gasteiger partial charge in [0.2, 0.25) is 0 Å². The molecule has 3 aliphatic rings. The standard InChI is InChI=1S/C19H27NO/c20-19(12-15-6-2-3-7-16(15)13-19)17-8-11-21-18(14-17)9-4-1-5-10-18/h2-3,6-7,17H,1,4-5,8-14,20H2. The smallest absolute Gasteiger partial charge is 0.0685 e. The van der Waals surface area contributed by atoms with Crippen LogP contribution in [0.2, 0.25) is 0 Å². The fourth-order valence-electron chi connectivity index (χ4n) is 5.03. The molecular weight excluding hydrogens is 258 g/mol. The third-order valence-electron chi connectivity index (χ3n) is 6.23. The van der Waals surface area contributed by atoms with Gasteiger partial charge in [0, 0.05) is 12.1 Å². The summed E-state index contributed by atoms with van der Waals surface area (Å²) in [5.41, 5.74) is 10.0. The molecule has 21 heavy (non-hydrogen) atoms. The quantitative estimate of drug-likeness (QED) is 0.855. The summed E-state index contributed by atoms with van der Waals surface area (Å²) in [7, 11) is 0. The van der Waals surface area contributed by atoms with E-state index in [0.29, 0.717) is 5.92 Å². The van der Waals surface area contributed by atoms with Crippen LogP contribution < -0.4 is 5.73 Å². The third-order valence-corrected chi connectivity index (χ3v) is 6.23. The summed E-state index contributed by atoms with van der Waals surface area (Å²) >= 11 is 0. The second-order valence-corrected chi connectivity index (χ2v) is 7.64. The fraction of sp³-hybridized carbons (Fsp3) is 0.684. The highest BCUT2D eigenvalue weighted by molar-refractivity contribution is 5.36. The zero-order valence-corrected chi connectivity index (χ0v) is 12.9. The van der Waals surface area contributed by atoms with Crippen LogP contribution in [-0.2, 0) is 17.6 Å². The van der Waals surface area contributed by atoms with Gasteiger partial charge in [-0.05, 0) is 55.6 Å². The van der Waals surface area contributed by atoms with Gasteiger partial charge in [0.1, 0.15) is 0 Å². The average molecular weight is 285 g/mol. The normalized spacial score (nSPS) is 30.2. The molecule has 1 spiro atoms. The first-order chi connectivity index (χ1) is 10.2. The highest BCUT2D eigenvalue weighted by atomic mass is 16.5. The Morgan fingerprint density at radius 2 is 1.67 bits per heavy atom. The summed E-state index contributed by atoms with van der Waals surface area (Å²) in [5, 5.41) is 0. The summed E-state index contributed by atoms with van der Waals surface area (Å²) in [4.78, 5) is 0. The van der Waals surface area contributed by atoms with Gasteiger partial charge in [0.25, 0.3) is 0 Å². The van der Waals surface area contributed by atoms with Crippen LogP contribution >= 0.6 is 0 Å². The molecule has 2 nitrogen and oxygen atoms in total. The fourth-order valence-corrected chi connectivity index (χ4v) is 5.03. The molecule has 1 aromatic rings. The number of fused-ring (bicyclic) bond motifs is 1. The highest BCUT2D eigenvalue weighted by Gasteiger charge is 2.47. The first-order valence-corrected chi connectivity index (χ1v) is 8.69. The summed E-state index contributed by atoms with van der Waals surface area (Å²) in [6, 6.07) is 8.83. The van der Waals surface area contributed by atoms with E-state index < -0.39 is 0 Å². The van der Waals surface area contributed by atoms with Crippen LogP contribution in [0.4, 0.5) is 0 Å². The Kier molecular flexibility index (Phi) is 3.35. The van der Waals surface area contributed by atoms with Crippen molar-refractivity contribution in [3.05, 3.63) is 35.4 Å². The predicted molar refractivity (Wildman–Crippen MR) is 85.3 cm³/mol. The van der Waals surface area contributed by atoms with E-state index in [0.717, 1.165) is 25.9 Å². The molecular formula is C19H27NO. The van der Waals surface area contributed by atoms with Gasteiger partial charge in [-0.2, -0.15) is 0 Å². The number of hydrogen-bond donors (Lipinski definition) is 1. The molecule has 0 aromatic heterocycles. The molecule has 2 fully saturated rings. The van der Waals surface area contributed by atoms with Crippen molar-refractivity contribution in [2.45, 2.75) is 68.9 Å². The van der Waals surface area contributed by atoms with Crippen LogP contribution in [0.15, 0.2) is 24.3 Å². The van der Waals surface area contributed by atoms with Crippen molar-refractivity contribution in [3.63, 3.8) is 0 Å². The Morgan fingerprint density at radius 1 is 1.00 bits per heavy atom. The van der Waals surface area contributed by atoms with Crippen molar-refractivity contribution in [3.8, 4) is 0 Å². The number of nitrogens with two attached hydrogens (primary N) is 1. The molecule has 2 aliphatic carbocycles. The van der Waals surface area contributed by atoms with Gasteiger partial charge in [-0.1, -0.05) is 43.5 Å². The van der Waals surface area contributed by atoms with Crippen molar-refractivity contribution < 1.29 is 4.74 Å². The second-order valence-electron chi connectivity index (χ2n) is 7.64. The predicted octanol–water partition coefficient (Wildman–Crippen LogP) is 3.61. The number of ether oxygens (including phenoxy) is 1. The van der Waals surface area contributed by atoms with Crippen LogP contribution in [-0.4, -0.2) is 17.7 Å². The zero-order valence-electron chi connectivity index (χ0n) is 12.9. The monoisotopic (exact) mass is 285 g/mol. The van der Waals surface area contributed by atoms with Gasteiger partial charge in [0.05, 0.1) is 5.60 Å². The molecule has 1 heterocycles. The van der Waals surface area contributed by atoms with Gasteiger partial charge in [-0.3, -0.25) is 0 Å². The van der Waals surface area contributed by atoms with E-state index in [4.69, 9.17) is 10.5 Å². The van der Waals surface area contributed by atoms with E-state index >= 15 is 0 Å².